The first kappa shape index (κ1) is 21.9. The first-order valence-corrected chi connectivity index (χ1v) is 10.3. The van der Waals surface area contributed by atoms with Gasteiger partial charge in [0.2, 0.25) is 5.95 Å². The van der Waals surface area contributed by atoms with Gasteiger partial charge in [-0.3, -0.25) is 4.90 Å². The molecule has 32 heavy (non-hydrogen) atoms. The van der Waals surface area contributed by atoms with E-state index in [-0.39, 0.29) is 17.5 Å². The third-order valence-corrected chi connectivity index (χ3v) is 5.45. The van der Waals surface area contributed by atoms with Crippen molar-refractivity contribution in [3.63, 3.8) is 0 Å². The normalized spacial score (nSPS) is 15.7. The number of fused-ring (bicyclic) bond motifs is 1. The lowest BCUT2D eigenvalue weighted by Crippen LogP contribution is -2.35. The quantitative estimate of drug-likeness (QED) is 0.590. The van der Waals surface area contributed by atoms with E-state index in [0.717, 1.165) is 31.5 Å². The molecule has 1 fully saturated rings. The lowest BCUT2D eigenvalue weighted by molar-refractivity contribution is -0.274. The fourth-order valence-electron chi connectivity index (χ4n) is 3.94. The van der Waals surface area contributed by atoms with Crippen LogP contribution in [0, 0.1) is 5.92 Å². The van der Waals surface area contributed by atoms with Gasteiger partial charge in [-0.2, -0.15) is 4.98 Å². The van der Waals surface area contributed by atoms with Gasteiger partial charge in [0.1, 0.15) is 17.3 Å². The molecule has 7 nitrogen and oxygen atoms in total. The highest BCUT2D eigenvalue weighted by atomic mass is 19.4. The van der Waals surface area contributed by atoms with Gasteiger partial charge in [-0.1, -0.05) is 18.2 Å². The number of alkyl halides is 3. The maximum Gasteiger partial charge on any atom is 0.573 e. The van der Waals surface area contributed by atoms with Crippen molar-refractivity contribution in [2.75, 3.05) is 31.2 Å². The molecule has 1 aliphatic rings. The average Bonchev–Trinajstić information content (AvgIpc) is 2.72. The highest BCUT2D eigenvalue weighted by Gasteiger charge is 2.31. The first-order valence-electron chi connectivity index (χ1n) is 10.3. The fourth-order valence-corrected chi connectivity index (χ4v) is 3.94. The molecule has 0 spiro atoms. The molecule has 170 valence electrons. The van der Waals surface area contributed by atoms with E-state index in [2.05, 4.69) is 19.6 Å². The summed E-state index contributed by atoms with van der Waals surface area (Å²) in [6.45, 7) is 2.76. The van der Waals surface area contributed by atoms with Crippen LogP contribution >= 0.6 is 0 Å². The third kappa shape index (κ3) is 5.50. The SMILES string of the molecule is Nc1nc(N)c2c(OCC3CCN(Cc4cccc(OC(F)(F)F)c4)CC3)cccc2n1. The monoisotopic (exact) mass is 447 g/mol. The van der Waals surface area contributed by atoms with E-state index >= 15 is 0 Å². The molecule has 0 unspecified atom stereocenters. The predicted octanol–water partition coefficient (Wildman–Crippen LogP) is 3.98. The summed E-state index contributed by atoms with van der Waals surface area (Å²) in [5, 5.41) is 0.653. The molecule has 0 atom stereocenters. The number of hydrogen-bond donors (Lipinski definition) is 2. The Balaban J connectivity index is 1.31. The van der Waals surface area contributed by atoms with Crippen molar-refractivity contribution < 1.29 is 22.6 Å². The highest BCUT2D eigenvalue weighted by Crippen LogP contribution is 2.30. The molecule has 10 heteroatoms. The van der Waals surface area contributed by atoms with Crippen LogP contribution in [-0.2, 0) is 6.54 Å². The van der Waals surface area contributed by atoms with Crippen molar-refractivity contribution in [1.82, 2.24) is 14.9 Å². The Morgan fingerprint density at radius 3 is 2.53 bits per heavy atom. The second-order valence-corrected chi connectivity index (χ2v) is 7.84. The molecular formula is C22H24F3N5O2. The number of benzene rings is 2. The zero-order valence-electron chi connectivity index (χ0n) is 17.3. The minimum absolute atomic E-state index is 0.120. The number of rotatable bonds is 6. The maximum absolute atomic E-state index is 12.4. The summed E-state index contributed by atoms with van der Waals surface area (Å²) in [5.74, 6) is 1.20. The van der Waals surface area contributed by atoms with Gasteiger partial charge in [-0.25, -0.2) is 4.98 Å². The van der Waals surface area contributed by atoms with Crippen molar-refractivity contribution in [3.8, 4) is 11.5 Å². The van der Waals surface area contributed by atoms with Crippen LogP contribution in [0.3, 0.4) is 0 Å². The van der Waals surface area contributed by atoms with E-state index in [1.54, 1.807) is 12.1 Å². The lowest BCUT2D eigenvalue weighted by atomic mass is 9.97. The number of hydrogen-bond acceptors (Lipinski definition) is 7. The molecule has 0 saturated carbocycles. The van der Waals surface area contributed by atoms with Crippen molar-refractivity contribution >= 4 is 22.7 Å². The van der Waals surface area contributed by atoms with Gasteiger partial charge < -0.3 is 20.9 Å². The molecule has 1 aliphatic heterocycles. The van der Waals surface area contributed by atoms with Gasteiger partial charge in [-0.15, -0.1) is 13.2 Å². The summed E-state index contributed by atoms with van der Waals surface area (Å²) < 4.78 is 47.4. The Bertz CT molecular complexity index is 1080. The van der Waals surface area contributed by atoms with E-state index in [9.17, 15) is 13.2 Å². The van der Waals surface area contributed by atoms with E-state index in [0.29, 0.717) is 35.7 Å². The molecular weight excluding hydrogens is 423 g/mol. The standard InChI is InChI=1S/C22H24F3N5O2/c23-22(24,25)32-16-4-1-3-15(11-16)12-30-9-7-14(8-10-30)13-31-18-6-2-5-17-19(18)20(26)29-21(27)28-17/h1-6,11,14H,7-10,12-13H2,(H4,26,27,28,29). The number of nitrogens with two attached hydrogens (primary N) is 2. The fraction of sp³-hybridized carbons (Fsp3) is 0.364. The summed E-state index contributed by atoms with van der Waals surface area (Å²) >= 11 is 0. The second kappa shape index (κ2) is 9.07. The van der Waals surface area contributed by atoms with Gasteiger partial charge in [0.15, 0.2) is 0 Å². The Morgan fingerprint density at radius 1 is 1.03 bits per heavy atom. The zero-order chi connectivity index (χ0) is 22.7. The molecule has 0 amide bonds. The molecule has 4 rings (SSSR count). The van der Waals surface area contributed by atoms with E-state index in [4.69, 9.17) is 16.2 Å². The van der Waals surface area contributed by atoms with Crippen LogP contribution in [0.4, 0.5) is 24.9 Å². The number of ether oxygens (including phenoxy) is 2. The number of halogens is 3. The molecule has 1 aromatic heterocycles. The summed E-state index contributed by atoms with van der Waals surface area (Å²) in [5.41, 5.74) is 13.1. The van der Waals surface area contributed by atoms with E-state index in [1.165, 1.54) is 12.1 Å². The van der Waals surface area contributed by atoms with E-state index < -0.39 is 6.36 Å². The summed E-state index contributed by atoms with van der Waals surface area (Å²) in [4.78, 5) is 10.4. The molecule has 2 heterocycles. The Morgan fingerprint density at radius 2 is 1.78 bits per heavy atom. The lowest BCUT2D eigenvalue weighted by Gasteiger charge is -2.32. The van der Waals surface area contributed by atoms with Crippen LogP contribution in [0.2, 0.25) is 0 Å². The van der Waals surface area contributed by atoms with Gasteiger partial charge in [0.25, 0.3) is 0 Å². The second-order valence-electron chi connectivity index (χ2n) is 7.84. The minimum atomic E-state index is -4.69. The van der Waals surface area contributed by atoms with Gasteiger partial charge in [-0.05, 0) is 61.7 Å². The van der Waals surface area contributed by atoms with Crippen molar-refractivity contribution in [2.24, 2.45) is 5.92 Å². The van der Waals surface area contributed by atoms with E-state index in [1.807, 2.05) is 18.2 Å². The van der Waals surface area contributed by atoms with Gasteiger partial charge in [0, 0.05) is 6.54 Å². The summed E-state index contributed by atoms with van der Waals surface area (Å²) in [6, 6.07) is 11.6. The predicted molar refractivity (Wildman–Crippen MR) is 115 cm³/mol. The Hall–Kier alpha value is -3.27. The topological polar surface area (TPSA) is 99.5 Å². The van der Waals surface area contributed by atoms with Crippen molar-refractivity contribution in [2.45, 2.75) is 25.7 Å². The van der Waals surface area contributed by atoms with Gasteiger partial charge >= 0.3 is 6.36 Å². The maximum atomic E-state index is 12.4. The van der Waals surface area contributed by atoms with Crippen LogP contribution in [0.15, 0.2) is 42.5 Å². The number of likely N-dealkylation sites (tertiary alicyclic amines) is 1. The highest BCUT2D eigenvalue weighted by molar-refractivity contribution is 5.94. The smallest absolute Gasteiger partial charge is 0.492 e. The van der Waals surface area contributed by atoms with Crippen LogP contribution in [-0.4, -0.2) is 40.9 Å². The Kier molecular flexibility index (Phi) is 6.22. The van der Waals surface area contributed by atoms with Crippen molar-refractivity contribution in [1.29, 1.82) is 0 Å². The first-order chi connectivity index (χ1) is 15.3. The van der Waals surface area contributed by atoms with Crippen LogP contribution < -0.4 is 20.9 Å². The largest absolute Gasteiger partial charge is 0.573 e. The molecule has 0 radical (unpaired) electrons. The number of nitrogen functional groups attached to an aromatic ring is 2. The summed E-state index contributed by atoms with van der Waals surface area (Å²) in [7, 11) is 0. The molecule has 4 N–H and O–H groups in total. The number of anilines is 2. The molecule has 3 aromatic rings. The molecule has 2 aromatic carbocycles. The molecule has 1 saturated heterocycles. The van der Waals surface area contributed by atoms with Gasteiger partial charge in [0.05, 0.1) is 17.5 Å². The Labute approximate surface area is 183 Å². The zero-order valence-corrected chi connectivity index (χ0v) is 17.3. The number of aromatic nitrogens is 2. The van der Waals surface area contributed by atoms with Crippen molar-refractivity contribution in [3.05, 3.63) is 48.0 Å². The van der Waals surface area contributed by atoms with Crippen LogP contribution in [0.5, 0.6) is 11.5 Å². The third-order valence-electron chi connectivity index (χ3n) is 5.45. The molecule has 0 bridgehead atoms. The van der Waals surface area contributed by atoms with Crippen LogP contribution in [0.25, 0.3) is 10.9 Å². The average molecular weight is 447 g/mol. The number of nitrogens with zero attached hydrogens (tertiary/aromatic N) is 3. The van der Waals surface area contributed by atoms with Crippen LogP contribution in [0.1, 0.15) is 18.4 Å². The minimum Gasteiger partial charge on any atom is -0.492 e. The number of piperidine rings is 1. The molecule has 0 aliphatic carbocycles. The summed E-state index contributed by atoms with van der Waals surface area (Å²) in [6.07, 6.45) is -2.85.